The molecule has 0 N–H and O–H groups in total. The second kappa shape index (κ2) is 3.99. The Kier molecular flexibility index (Phi) is 2.51. The van der Waals surface area contributed by atoms with E-state index in [1.54, 1.807) is 6.26 Å². The molecular formula is C11H12O2. The summed E-state index contributed by atoms with van der Waals surface area (Å²) in [4.78, 5) is 0. The maximum absolute atomic E-state index is 5.21. The highest BCUT2D eigenvalue weighted by molar-refractivity contribution is 5.15. The molecule has 1 aromatic rings. The van der Waals surface area contributed by atoms with E-state index in [2.05, 4.69) is 24.3 Å². The van der Waals surface area contributed by atoms with Crippen molar-refractivity contribution in [3.63, 3.8) is 0 Å². The molecule has 13 heavy (non-hydrogen) atoms. The number of benzene rings is 1. The van der Waals surface area contributed by atoms with Crippen molar-refractivity contribution >= 4 is 0 Å². The van der Waals surface area contributed by atoms with Crippen LogP contribution in [0.3, 0.4) is 0 Å². The molecule has 1 aliphatic heterocycles. The van der Waals surface area contributed by atoms with E-state index in [1.165, 1.54) is 5.56 Å². The van der Waals surface area contributed by atoms with Gasteiger partial charge in [-0.05, 0) is 12.0 Å². The van der Waals surface area contributed by atoms with E-state index in [1.807, 2.05) is 6.07 Å². The number of hydrogen-bond donors (Lipinski definition) is 0. The summed E-state index contributed by atoms with van der Waals surface area (Å²) in [5, 5.41) is 0. The standard InChI is InChI=1S/C11H12O2/c1-2-4-10(5-3-1)6-7-11-8-12-9-13-11/h1-5,8H,6-7,9H2. The predicted molar refractivity (Wildman–Crippen MR) is 49.9 cm³/mol. The smallest absolute Gasteiger partial charge is 0.229 e. The average Bonchev–Trinajstić information content (AvgIpc) is 2.69. The van der Waals surface area contributed by atoms with Gasteiger partial charge in [0.2, 0.25) is 6.79 Å². The Bertz CT molecular complexity index is 290. The molecule has 0 bridgehead atoms. The van der Waals surface area contributed by atoms with Crippen LogP contribution in [-0.2, 0) is 15.9 Å². The molecule has 1 aliphatic rings. The van der Waals surface area contributed by atoms with Crippen LogP contribution in [0.15, 0.2) is 42.4 Å². The largest absolute Gasteiger partial charge is 0.462 e. The summed E-state index contributed by atoms with van der Waals surface area (Å²) < 4.78 is 10.2. The highest BCUT2D eigenvalue weighted by atomic mass is 16.7. The van der Waals surface area contributed by atoms with E-state index in [9.17, 15) is 0 Å². The Morgan fingerprint density at radius 1 is 1.08 bits per heavy atom. The molecule has 0 aromatic heterocycles. The van der Waals surface area contributed by atoms with Crippen molar-refractivity contribution in [2.45, 2.75) is 12.8 Å². The summed E-state index contributed by atoms with van der Waals surface area (Å²) in [7, 11) is 0. The van der Waals surface area contributed by atoms with Crippen LogP contribution in [0.5, 0.6) is 0 Å². The first-order valence-corrected chi connectivity index (χ1v) is 4.42. The lowest BCUT2D eigenvalue weighted by Gasteiger charge is -2.00. The van der Waals surface area contributed by atoms with Crippen molar-refractivity contribution in [2.24, 2.45) is 0 Å². The first-order valence-electron chi connectivity index (χ1n) is 4.42. The molecule has 0 saturated carbocycles. The van der Waals surface area contributed by atoms with Gasteiger partial charge in [0.15, 0.2) is 0 Å². The van der Waals surface area contributed by atoms with Crippen molar-refractivity contribution in [3.05, 3.63) is 47.9 Å². The van der Waals surface area contributed by atoms with Crippen LogP contribution >= 0.6 is 0 Å². The van der Waals surface area contributed by atoms with Gasteiger partial charge in [0.1, 0.15) is 12.0 Å². The van der Waals surface area contributed by atoms with Gasteiger partial charge in [-0.25, -0.2) is 0 Å². The van der Waals surface area contributed by atoms with Crippen LogP contribution in [-0.4, -0.2) is 6.79 Å². The van der Waals surface area contributed by atoms with Crippen LogP contribution in [0.25, 0.3) is 0 Å². The molecule has 0 spiro atoms. The zero-order chi connectivity index (χ0) is 8.93. The summed E-state index contributed by atoms with van der Waals surface area (Å²) in [6.45, 7) is 0.379. The molecular weight excluding hydrogens is 164 g/mol. The molecule has 0 aliphatic carbocycles. The molecule has 2 nitrogen and oxygen atoms in total. The second-order valence-corrected chi connectivity index (χ2v) is 3.00. The third kappa shape index (κ3) is 2.25. The van der Waals surface area contributed by atoms with Gasteiger partial charge in [0, 0.05) is 6.42 Å². The van der Waals surface area contributed by atoms with Crippen LogP contribution in [0.4, 0.5) is 0 Å². The number of allylic oxidation sites excluding steroid dienone is 1. The van der Waals surface area contributed by atoms with Gasteiger partial charge in [-0.15, -0.1) is 0 Å². The van der Waals surface area contributed by atoms with Gasteiger partial charge in [0.25, 0.3) is 0 Å². The average molecular weight is 176 g/mol. The Morgan fingerprint density at radius 3 is 2.62 bits per heavy atom. The van der Waals surface area contributed by atoms with Crippen molar-refractivity contribution in [1.29, 1.82) is 0 Å². The molecule has 0 saturated heterocycles. The van der Waals surface area contributed by atoms with Gasteiger partial charge < -0.3 is 9.47 Å². The van der Waals surface area contributed by atoms with Crippen LogP contribution in [0.2, 0.25) is 0 Å². The normalized spacial score (nSPS) is 14.6. The lowest BCUT2D eigenvalue weighted by Crippen LogP contribution is -1.89. The second-order valence-electron chi connectivity index (χ2n) is 3.00. The lowest BCUT2D eigenvalue weighted by molar-refractivity contribution is 0.0779. The minimum absolute atomic E-state index is 0.379. The summed E-state index contributed by atoms with van der Waals surface area (Å²) in [6.07, 6.45) is 3.63. The quantitative estimate of drug-likeness (QED) is 0.704. The van der Waals surface area contributed by atoms with E-state index >= 15 is 0 Å². The third-order valence-corrected chi connectivity index (χ3v) is 2.03. The van der Waals surface area contributed by atoms with Crippen LogP contribution in [0, 0.1) is 0 Å². The summed E-state index contributed by atoms with van der Waals surface area (Å²) in [5.74, 6) is 0.948. The first kappa shape index (κ1) is 8.17. The number of ether oxygens (including phenoxy) is 2. The first-order chi connectivity index (χ1) is 6.45. The predicted octanol–water partition coefficient (Wildman–Crippen LogP) is 2.46. The fourth-order valence-electron chi connectivity index (χ4n) is 1.31. The minimum Gasteiger partial charge on any atom is -0.462 e. The highest BCUT2D eigenvalue weighted by Crippen LogP contribution is 2.14. The summed E-state index contributed by atoms with van der Waals surface area (Å²) in [6, 6.07) is 10.4. The molecule has 0 radical (unpaired) electrons. The highest BCUT2D eigenvalue weighted by Gasteiger charge is 2.05. The van der Waals surface area contributed by atoms with Gasteiger partial charge in [-0.2, -0.15) is 0 Å². The summed E-state index contributed by atoms with van der Waals surface area (Å²) in [5.41, 5.74) is 1.33. The zero-order valence-corrected chi connectivity index (χ0v) is 7.40. The Morgan fingerprint density at radius 2 is 1.92 bits per heavy atom. The molecule has 0 fully saturated rings. The molecule has 0 amide bonds. The Labute approximate surface area is 77.8 Å². The zero-order valence-electron chi connectivity index (χ0n) is 7.40. The molecule has 1 aromatic carbocycles. The number of rotatable bonds is 3. The van der Waals surface area contributed by atoms with Crippen LogP contribution < -0.4 is 0 Å². The molecule has 68 valence electrons. The molecule has 0 unspecified atom stereocenters. The van der Waals surface area contributed by atoms with Crippen molar-refractivity contribution in [2.75, 3.05) is 6.79 Å². The monoisotopic (exact) mass is 176 g/mol. The maximum atomic E-state index is 5.21. The SMILES string of the molecule is C1=C(CCc2ccccc2)OCO1. The van der Waals surface area contributed by atoms with Crippen molar-refractivity contribution < 1.29 is 9.47 Å². The van der Waals surface area contributed by atoms with Gasteiger partial charge >= 0.3 is 0 Å². The van der Waals surface area contributed by atoms with Crippen LogP contribution in [0.1, 0.15) is 12.0 Å². The fraction of sp³-hybridized carbons (Fsp3) is 0.273. The maximum Gasteiger partial charge on any atom is 0.229 e. The minimum atomic E-state index is 0.379. The van der Waals surface area contributed by atoms with E-state index in [4.69, 9.17) is 9.47 Å². The van der Waals surface area contributed by atoms with E-state index in [0.717, 1.165) is 18.6 Å². The van der Waals surface area contributed by atoms with Crippen molar-refractivity contribution in [3.8, 4) is 0 Å². The number of hydrogen-bond acceptors (Lipinski definition) is 2. The van der Waals surface area contributed by atoms with E-state index < -0.39 is 0 Å². The summed E-state index contributed by atoms with van der Waals surface area (Å²) >= 11 is 0. The van der Waals surface area contributed by atoms with Crippen molar-refractivity contribution in [1.82, 2.24) is 0 Å². The van der Waals surface area contributed by atoms with E-state index in [0.29, 0.717) is 6.79 Å². The fourth-order valence-corrected chi connectivity index (χ4v) is 1.31. The molecule has 2 rings (SSSR count). The third-order valence-electron chi connectivity index (χ3n) is 2.03. The molecule has 2 heteroatoms. The number of aryl methyl sites for hydroxylation is 1. The lowest BCUT2D eigenvalue weighted by atomic mass is 10.1. The Balaban J connectivity index is 1.86. The topological polar surface area (TPSA) is 18.5 Å². The van der Waals surface area contributed by atoms with E-state index in [-0.39, 0.29) is 0 Å². The molecule has 0 atom stereocenters. The van der Waals surface area contributed by atoms with Gasteiger partial charge in [-0.3, -0.25) is 0 Å². The van der Waals surface area contributed by atoms with Gasteiger partial charge in [0.05, 0.1) is 0 Å². The molecule has 1 heterocycles. The Hall–Kier alpha value is -1.44. The van der Waals surface area contributed by atoms with Gasteiger partial charge in [-0.1, -0.05) is 30.3 Å².